The lowest BCUT2D eigenvalue weighted by molar-refractivity contribution is -0.144. The monoisotopic (exact) mass is 638 g/mol. The molecule has 0 bridgehead atoms. The Balaban J connectivity index is 0.00000661. The van der Waals surface area contributed by atoms with Crippen LogP contribution in [0.4, 0.5) is 0 Å². The fraction of sp³-hybridized carbons (Fsp3) is 0.892. The Morgan fingerprint density at radius 2 is 1.53 bits per heavy atom. The Hall–Kier alpha value is -1.96. The second-order valence-corrected chi connectivity index (χ2v) is 14.1. The van der Waals surface area contributed by atoms with Crippen LogP contribution in [-0.2, 0) is 19.2 Å². The molecule has 45 heavy (non-hydrogen) atoms. The molecule has 8 nitrogen and oxygen atoms in total. The third-order valence-electron chi connectivity index (χ3n) is 10.8. The average Bonchev–Trinajstić information content (AvgIpc) is 3.47. The first-order chi connectivity index (χ1) is 21.5. The lowest BCUT2D eigenvalue weighted by Gasteiger charge is -2.34. The fourth-order valence-electron chi connectivity index (χ4n) is 7.61. The van der Waals surface area contributed by atoms with E-state index in [0.717, 1.165) is 32.1 Å². The van der Waals surface area contributed by atoms with Crippen LogP contribution in [0.5, 0.6) is 0 Å². The number of carbonyl (C=O) groups is 4. The van der Waals surface area contributed by atoms with Crippen LogP contribution in [0.3, 0.4) is 0 Å². The molecule has 0 saturated heterocycles. The summed E-state index contributed by atoms with van der Waals surface area (Å²) >= 11 is 0. The molecule has 2 fully saturated rings. The molecule has 0 aliphatic heterocycles. The molecule has 264 valence electrons. The number of rotatable bonds is 19. The Morgan fingerprint density at radius 3 is 2.09 bits per heavy atom. The van der Waals surface area contributed by atoms with Gasteiger partial charge in [0.25, 0.3) is 5.91 Å². The molecule has 2 unspecified atom stereocenters. The Morgan fingerprint density at radius 1 is 0.933 bits per heavy atom. The van der Waals surface area contributed by atoms with Gasteiger partial charge in [0.1, 0.15) is 5.78 Å². The molecule has 2 aliphatic carbocycles. The molecule has 2 rings (SSSR count). The van der Waals surface area contributed by atoms with E-state index >= 15 is 0 Å². The van der Waals surface area contributed by atoms with Crippen molar-refractivity contribution < 1.29 is 25.7 Å². The highest BCUT2D eigenvalue weighted by Crippen LogP contribution is 2.47. The zero-order valence-electron chi connectivity index (χ0n) is 29.8. The highest BCUT2D eigenvalue weighted by molar-refractivity contribution is 5.90. The Kier molecular flexibility index (Phi) is 19.9. The number of Topliss-reactive ketones (excluding diaryl/α,β-unsaturated/α-hetero) is 1. The number of nitrogens with two attached hydrogens (primary N) is 1. The van der Waals surface area contributed by atoms with Crippen molar-refractivity contribution in [3.8, 4) is 0 Å². The van der Waals surface area contributed by atoms with E-state index in [2.05, 4.69) is 17.6 Å². The maximum Gasteiger partial charge on any atom is 0.254 e. The molecule has 0 aromatic carbocycles. The van der Waals surface area contributed by atoms with Gasteiger partial charge in [-0.3, -0.25) is 19.2 Å². The summed E-state index contributed by atoms with van der Waals surface area (Å²) in [6, 6.07) is -0.769. The van der Waals surface area contributed by atoms with Crippen LogP contribution >= 0.6 is 0 Å². The van der Waals surface area contributed by atoms with E-state index in [0.29, 0.717) is 37.4 Å². The second-order valence-electron chi connectivity index (χ2n) is 14.1. The number of hydrogen-bond acceptors (Lipinski definition) is 5. The van der Waals surface area contributed by atoms with Crippen molar-refractivity contribution in [3.63, 3.8) is 0 Å². The predicted molar refractivity (Wildman–Crippen MR) is 185 cm³/mol. The number of amides is 3. The van der Waals surface area contributed by atoms with Gasteiger partial charge in [0.05, 0.1) is 12.6 Å². The van der Waals surface area contributed by atoms with E-state index in [1.807, 2.05) is 27.7 Å². The summed E-state index contributed by atoms with van der Waals surface area (Å²) in [6.45, 7) is 11.1. The minimum absolute atomic E-state index is 0. The standard InChI is InChI=1S/C35H63N3O5.C2H6.H2/c1-5-16-30(34(4,43)33(42)37-25-31(36)40)38-32(41)27(6-2)20-24-35(22-14-15-23-35)21-13-12-19-29(39)26(3)28-17-10-8-7-9-11-18-28;1-2;/h26-28,30,43H,5-25H2,1-4H3,(H2,36,40)(H,37,42)(H,38,41);1-2H3;1H/t26-,27-,30?,34?;;/m0../s1. The molecule has 0 radical (unpaired) electrons. The number of carbonyl (C=O) groups excluding carboxylic acids is 4. The Labute approximate surface area is 276 Å². The molecule has 0 aromatic rings. The van der Waals surface area contributed by atoms with Gasteiger partial charge in [-0.2, -0.15) is 0 Å². The first-order valence-electron chi connectivity index (χ1n) is 18.6. The van der Waals surface area contributed by atoms with Gasteiger partial charge < -0.3 is 21.5 Å². The smallest absolute Gasteiger partial charge is 0.254 e. The maximum atomic E-state index is 13.4. The van der Waals surface area contributed by atoms with Gasteiger partial charge in [0.15, 0.2) is 5.60 Å². The lowest BCUT2D eigenvalue weighted by atomic mass is 9.74. The van der Waals surface area contributed by atoms with Crippen LogP contribution in [0.2, 0.25) is 0 Å². The number of aliphatic hydroxyl groups is 1. The minimum Gasteiger partial charge on any atom is -0.378 e. The largest absolute Gasteiger partial charge is 0.378 e. The molecule has 5 N–H and O–H groups in total. The highest BCUT2D eigenvalue weighted by atomic mass is 16.3. The van der Waals surface area contributed by atoms with Crippen LogP contribution in [0.1, 0.15) is 171 Å². The Bertz CT molecular complexity index is 882. The van der Waals surface area contributed by atoms with E-state index in [9.17, 15) is 24.3 Å². The third kappa shape index (κ3) is 14.1. The van der Waals surface area contributed by atoms with E-state index in [4.69, 9.17) is 5.73 Å². The van der Waals surface area contributed by atoms with Crippen molar-refractivity contribution in [3.05, 3.63) is 0 Å². The van der Waals surface area contributed by atoms with Gasteiger partial charge in [0, 0.05) is 19.7 Å². The average molecular weight is 638 g/mol. The molecule has 3 amide bonds. The maximum absolute atomic E-state index is 13.4. The molecule has 0 aromatic heterocycles. The van der Waals surface area contributed by atoms with Gasteiger partial charge in [-0.05, 0) is 82.5 Å². The predicted octanol–water partition coefficient (Wildman–Crippen LogP) is 7.39. The van der Waals surface area contributed by atoms with Crippen LogP contribution in [0.25, 0.3) is 0 Å². The first-order valence-corrected chi connectivity index (χ1v) is 18.6. The molecular formula is C37H71N3O5. The molecule has 2 saturated carbocycles. The minimum atomic E-state index is -1.86. The summed E-state index contributed by atoms with van der Waals surface area (Å²) in [5, 5.41) is 16.4. The molecule has 8 heteroatoms. The van der Waals surface area contributed by atoms with Crippen LogP contribution in [0, 0.1) is 23.2 Å². The number of unbranched alkanes of at least 4 members (excludes halogenated alkanes) is 1. The normalized spacial score (nSPS) is 20.2. The number of primary amides is 1. The second kappa shape index (κ2) is 21.8. The summed E-state index contributed by atoms with van der Waals surface area (Å²) in [7, 11) is 0. The van der Waals surface area contributed by atoms with Crippen molar-refractivity contribution in [2.24, 2.45) is 28.9 Å². The number of ketones is 1. The summed E-state index contributed by atoms with van der Waals surface area (Å²) in [6.07, 6.45) is 21.1. The summed E-state index contributed by atoms with van der Waals surface area (Å²) in [5.41, 5.74) is 3.51. The fourth-order valence-corrected chi connectivity index (χ4v) is 7.61. The SMILES string of the molecule is CC.CCCC(NC(=O)[C@@H](CC)CCC1(CCCCC(=O)[C@@H](C)C2CCCCCCC2)CCCC1)C(C)(O)C(=O)NCC(N)=O.[HH]. The van der Waals surface area contributed by atoms with E-state index < -0.39 is 23.5 Å². The van der Waals surface area contributed by atoms with Crippen LogP contribution in [0.15, 0.2) is 0 Å². The zero-order chi connectivity index (χ0) is 33.9. The molecular weight excluding hydrogens is 566 g/mol. The quantitative estimate of drug-likeness (QED) is 0.109. The van der Waals surface area contributed by atoms with Crippen molar-refractivity contribution in [1.82, 2.24) is 10.6 Å². The summed E-state index contributed by atoms with van der Waals surface area (Å²) in [5.74, 6) is -0.544. The van der Waals surface area contributed by atoms with Crippen molar-refractivity contribution in [2.45, 2.75) is 182 Å². The molecule has 0 spiro atoms. The molecule has 4 atom stereocenters. The molecule has 0 heterocycles. The summed E-state index contributed by atoms with van der Waals surface area (Å²) < 4.78 is 0. The molecule has 2 aliphatic rings. The van der Waals surface area contributed by atoms with Crippen molar-refractivity contribution in [1.29, 1.82) is 0 Å². The lowest BCUT2D eigenvalue weighted by Crippen LogP contribution is -2.60. The van der Waals surface area contributed by atoms with Gasteiger partial charge in [-0.1, -0.05) is 92.4 Å². The van der Waals surface area contributed by atoms with E-state index in [1.54, 1.807) is 0 Å². The highest BCUT2D eigenvalue weighted by Gasteiger charge is 2.41. The zero-order valence-corrected chi connectivity index (χ0v) is 29.8. The van der Waals surface area contributed by atoms with Crippen LogP contribution in [-0.4, -0.2) is 46.8 Å². The third-order valence-corrected chi connectivity index (χ3v) is 10.8. The first kappa shape index (κ1) is 41.1. The van der Waals surface area contributed by atoms with Crippen molar-refractivity contribution in [2.75, 3.05) is 6.54 Å². The number of nitrogens with one attached hydrogen (secondary N) is 2. The van der Waals surface area contributed by atoms with Gasteiger partial charge in [-0.15, -0.1) is 0 Å². The van der Waals surface area contributed by atoms with Gasteiger partial charge in [-0.25, -0.2) is 0 Å². The van der Waals surface area contributed by atoms with E-state index in [-0.39, 0.29) is 31.1 Å². The van der Waals surface area contributed by atoms with Gasteiger partial charge >= 0.3 is 0 Å². The summed E-state index contributed by atoms with van der Waals surface area (Å²) in [4.78, 5) is 50.2. The van der Waals surface area contributed by atoms with Gasteiger partial charge in [0.2, 0.25) is 11.8 Å². The topological polar surface area (TPSA) is 139 Å². The van der Waals surface area contributed by atoms with Crippen molar-refractivity contribution >= 4 is 23.5 Å². The van der Waals surface area contributed by atoms with Crippen LogP contribution < -0.4 is 16.4 Å². The number of hydrogen-bond donors (Lipinski definition) is 4. The van der Waals surface area contributed by atoms with E-state index in [1.165, 1.54) is 77.6 Å².